The van der Waals surface area contributed by atoms with Crippen molar-refractivity contribution in [1.82, 2.24) is 5.43 Å². The Morgan fingerprint density at radius 3 is 2.70 bits per heavy atom. The van der Waals surface area contributed by atoms with Gasteiger partial charge in [-0.15, -0.1) is 0 Å². The van der Waals surface area contributed by atoms with Crippen LogP contribution in [0.2, 0.25) is 0 Å². The molecule has 1 atom stereocenters. The van der Waals surface area contributed by atoms with E-state index in [0.717, 1.165) is 36.3 Å². The first-order valence-electron chi connectivity index (χ1n) is 6.76. The molecular formula is C16H17IN2O. The number of hydrazine groups is 1. The van der Waals surface area contributed by atoms with Gasteiger partial charge < -0.3 is 4.74 Å². The fourth-order valence-corrected chi connectivity index (χ4v) is 3.02. The Hall–Kier alpha value is -1.11. The Balaban J connectivity index is 2.03. The molecule has 4 heteroatoms. The van der Waals surface area contributed by atoms with E-state index >= 15 is 0 Å². The van der Waals surface area contributed by atoms with E-state index in [4.69, 9.17) is 10.6 Å². The van der Waals surface area contributed by atoms with Crippen molar-refractivity contribution >= 4 is 22.6 Å². The summed E-state index contributed by atoms with van der Waals surface area (Å²) in [6.45, 7) is 0.786. The fourth-order valence-electron chi connectivity index (χ4n) is 2.66. The van der Waals surface area contributed by atoms with Crippen LogP contribution in [-0.4, -0.2) is 6.61 Å². The number of nitrogens with one attached hydrogen (secondary N) is 1. The van der Waals surface area contributed by atoms with Crippen molar-refractivity contribution in [3.05, 3.63) is 62.7 Å². The van der Waals surface area contributed by atoms with Crippen molar-refractivity contribution in [1.29, 1.82) is 0 Å². The summed E-state index contributed by atoms with van der Waals surface area (Å²) in [6, 6.07) is 14.7. The van der Waals surface area contributed by atoms with E-state index in [9.17, 15) is 0 Å². The Morgan fingerprint density at radius 2 is 1.95 bits per heavy atom. The number of aryl methyl sites for hydroxylation is 1. The predicted octanol–water partition coefficient (Wildman–Crippen LogP) is 3.17. The summed E-state index contributed by atoms with van der Waals surface area (Å²) in [5.41, 5.74) is 6.46. The predicted molar refractivity (Wildman–Crippen MR) is 88.6 cm³/mol. The molecule has 0 saturated heterocycles. The summed E-state index contributed by atoms with van der Waals surface area (Å²) in [5.74, 6) is 6.80. The number of halogens is 1. The molecule has 0 radical (unpaired) electrons. The van der Waals surface area contributed by atoms with E-state index in [1.165, 1.54) is 9.13 Å². The van der Waals surface area contributed by atoms with E-state index in [1.807, 2.05) is 0 Å². The van der Waals surface area contributed by atoms with Crippen LogP contribution in [0.1, 0.15) is 29.2 Å². The smallest absolute Gasteiger partial charge is 0.127 e. The number of hydrogen-bond donors (Lipinski definition) is 2. The molecule has 20 heavy (non-hydrogen) atoms. The summed E-state index contributed by atoms with van der Waals surface area (Å²) in [7, 11) is 0. The van der Waals surface area contributed by atoms with Gasteiger partial charge in [-0.25, -0.2) is 5.43 Å². The first kappa shape index (κ1) is 13.9. The van der Waals surface area contributed by atoms with E-state index in [2.05, 4.69) is 70.5 Å². The molecule has 3 nitrogen and oxygen atoms in total. The minimum atomic E-state index is -0.0416. The summed E-state index contributed by atoms with van der Waals surface area (Å²) < 4.78 is 7.10. The van der Waals surface area contributed by atoms with Gasteiger partial charge in [-0.2, -0.15) is 0 Å². The highest BCUT2D eigenvalue weighted by molar-refractivity contribution is 14.1. The summed E-state index contributed by atoms with van der Waals surface area (Å²) in [5, 5.41) is 0. The van der Waals surface area contributed by atoms with Crippen LogP contribution in [0.25, 0.3) is 0 Å². The molecule has 3 N–H and O–H groups in total. The first-order valence-corrected chi connectivity index (χ1v) is 7.83. The third-order valence-electron chi connectivity index (χ3n) is 3.64. The average molecular weight is 380 g/mol. The van der Waals surface area contributed by atoms with Gasteiger partial charge in [-0.1, -0.05) is 30.3 Å². The average Bonchev–Trinajstić information content (AvgIpc) is 2.50. The highest BCUT2D eigenvalue weighted by atomic mass is 127. The van der Waals surface area contributed by atoms with E-state index in [0.29, 0.717) is 0 Å². The van der Waals surface area contributed by atoms with Crippen LogP contribution in [0.5, 0.6) is 5.75 Å². The molecule has 0 aromatic heterocycles. The Morgan fingerprint density at radius 1 is 1.15 bits per heavy atom. The largest absolute Gasteiger partial charge is 0.493 e. The molecular weight excluding hydrogens is 363 g/mol. The van der Waals surface area contributed by atoms with Gasteiger partial charge in [-0.3, -0.25) is 5.84 Å². The van der Waals surface area contributed by atoms with Crippen molar-refractivity contribution in [3.8, 4) is 5.75 Å². The molecule has 1 heterocycles. The lowest BCUT2D eigenvalue weighted by Crippen LogP contribution is -2.29. The summed E-state index contributed by atoms with van der Waals surface area (Å²) in [4.78, 5) is 0. The third kappa shape index (κ3) is 2.68. The van der Waals surface area contributed by atoms with Crippen LogP contribution in [0.3, 0.4) is 0 Å². The zero-order valence-corrected chi connectivity index (χ0v) is 13.3. The molecule has 2 aromatic rings. The van der Waals surface area contributed by atoms with Crippen molar-refractivity contribution in [2.24, 2.45) is 5.84 Å². The molecule has 0 amide bonds. The lowest BCUT2D eigenvalue weighted by atomic mass is 9.94. The van der Waals surface area contributed by atoms with Crippen LogP contribution >= 0.6 is 22.6 Å². The van der Waals surface area contributed by atoms with E-state index in [1.54, 1.807) is 0 Å². The number of fused-ring (bicyclic) bond motifs is 1. The SMILES string of the molecule is NNC(c1ccc(I)cc1)c1cccc2c1OCCC2. The second-order valence-corrected chi connectivity index (χ2v) is 6.18. The molecule has 104 valence electrons. The number of rotatable bonds is 3. The molecule has 0 spiro atoms. The Kier molecular flexibility index (Phi) is 4.24. The van der Waals surface area contributed by atoms with Crippen molar-refractivity contribution in [2.45, 2.75) is 18.9 Å². The molecule has 2 aromatic carbocycles. The minimum Gasteiger partial charge on any atom is -0.493 e. The van der Waals surface area contributed by atoms with Crippen molar-refractivity contribution in [2.75, 3.05) is 6.61 Å². The zero-order chi connectivity index (χ0) is 13.9. The van der Waals surface area contributed by atoms with Crippen molar-refractivity contribution in [3.63, 3.8) is 0 Å². The van der Waals surface area contributed by atoms with Crippen molar-refractivity contribution < 1.29 is 4.74 Å². The first-order chi connectivity index (χ1) is 9.79. The van der Waals surface area contributed by atoms with Gasteiger partial charge >= 0.3 is 0 Å². The molecule has 0 aliphatic carbocycles. The van der Waals surface area contributed by atoms with Crippen LogP contribution in [0.15, 0.2) is 42.5 Å². The van der Waals surface area contributed by atoms with Gasteiger partial charge in [0.05, 0.1) is 12.6 Å². The maximum atomic E-state index is 5.89. The molecule has 0 saturated carbocycles. The van der Waals surface area contributed by atoms with Gasteiger partial charge in [0, 0.05) is 9.13 Å². The van der Waals surface area contributed by atoms with Gasteiger partial charge in [0.1, 0.15) is 5.75 Å². The van der Waals surface area contributed by atoms with Gasteiger partial charge in [0.15, 0.2) is 0 Å². The summed E-state index contributed by atoms with van der Waals surface area (Å²) in [6.07, 6.45) is 2.16. The number of nitrogens with two attached hydrogens (primary N) is 1. The Labute approximate surface area is 132 Å². The molecule has 1 unspecified atom stereocenters. The number of benzene rings is 2. The number of hydrogen-bond acceptors (Lipinski definition) is 3. The third-order valence-corrected chi connectivity index (χ3v) is 4.36. The van der Waals surface area contributed by atoms with Gasteiger partial charge in [-0.05, 0) is 58.7 Å². The lowest BCUT2D eigenvalue weighted by molar-refractivity contribution is 0.283. The van der Waals surface area contributed by atoms with Gasteiger partial charge in [0.25, 0.3) is 0 Å². The molecule has 1 aliphatic heterocycles. The van der Waals surface area contributed by atoms with E-state index in [-0.39, 0.29) is 6.04 Å². The second-order valence-electron chi connectivity index (χ2n) is 4.94. The van der Waals surface area contributed by atoms with E-state index < -0.39 is 0 Å². The maximum absolute atomic E-state index is 5.89. The van der Waals surface area contributed by atoms with Crippen LogP contribution in [0, 0.1) is 3.57 Å². The molecule has 0 bridgehead atoms. The topological polar surface area (TPSA) is 47.3 Å². The normalized spacial score (nSPS) is 15.3. The van der Waals surface area contributed by atoms with Crippen LogP contribution < -0.4 is 16.0 Å². The van der Waals surface area contributed by atoms with Crippen LogP contribution in [-0.2, 0) is 6.42 Å². The zero-order valence-electron chi connectivity index (χ0n) is 11.1. The quantitative estimate of drug-likeness (QED) is 0.489. The van der Waals surface area contributed by atoms with Crippen LogP contribution in [0.4, 0.5) is 0 Å². The number of ether oxygens (including phenoxy) is 1. The number of para-hydroxylation sites is 1. The standard InChI is InChI=1S/C16H17IN2O/c17-13-8-6-11(7-9-13)15(19-18)14-5-1-3-12-4-2-10-20-16(12)14/h1,3,5-9,15,19H,2,4,10,18H2. The molecule has 3 rings (SSSR count). The second kappa shape index (κ2) is 6.11. The highest BCUT2D eigenvalue weighted by Gasteiger charge is 2.21. The molecule has 0 fully saturated rings. The Bertz CT molecular complexity index is 598. The molecule has 1 aliphatic rings. The lowest BCUT2D eigenvalue weighted by Gasteiger charge is -2.25. The summed E-state index contributed by atoms with van der Waals surface area (Å²) >= 11 is 2.30. The fraction of sp³-hybridized carbons (Fsp3) is 0.250. The maximum Gasteiger partial charge on any atom is 0.127 e. The highest BCUT2D eigenvalue weighted by Crippen LogP contribution is 2.35. The monoisotopic (exact) mass is 380 g/mol. The minimum absolute atomic E-state index is 0.0416. The van der Waals surface area contributed by atoms with Gasteiger partial charge in [0.2, 0.25) is 0 Å².